The molecule has 0 radical (unpaired) electrons. The summed E-state index contributed by atoms with van der Waals surface area (Å²) in [6.07, 6.45) is 0. The van der Waals surface area contributed by atoms with Gasteiger partial charge in [0.15, 0.2) is 4.80 Å². The molecular weight excluding hydrogens is 296 g/mol. The van der Waals surface area contributed by atoms with E-state index in [1.54, 1.807) is 19.2 Å². The molecule has 0 unspecified atom stereocenters. The molecule has 0 N–H and O–H groups in total. The zero-order chi connectivity index (χ0) is 15.7. The quantitative estimate of drug-likeness (QED) is 0.729. The third-order valence-corrected chi connectivity index (χ3v) is 4.81. The van der Waals surface area contributed by atoms with E-state index in [4.69, 9.17) is 4.74 Å². The van der Waals surface area contributed by atoms with Crippen molar-refractivity contribution in [2.75, 3.05) is 7.11 Å². The van der Waals surface area contributed by atoms with Crippen LogP contribution in [-0.4, -0.2) is 17.6 Å². The van der Waals surface area contributed by atoms with Gasteiger partial charge in [-0.15, -0.1) is 0 Å². The summed E-state index contributed by atoms with van der Waals surface area (Å²) < 4.78 is 8.42. The van der Waals surface area contributed by atoms with E-state index in [1.807, 2.05) is 48.9 Å². The number of fused-ring (bicyclic) bond motifs is 1. The van der Waals surface area contributed by atoms with Crippen LogP contribution in [0.4, 0.5) is 0 Å². The van der Waals surface area contributed by atoms with E-state index in [1.165, 1.54) is 11.3 Å². The summed E-state index contributed by atoms with van der Waals surface area (Å²) >= 11 is 1.50. The lowest BCUT2D eigenvalue weighted by Crippen LogP contribution is -2.13. The second-order valence-electron chi connectivity index (χ2n) is 4.99. The molecule has 0 spiro atoms. The van der Waals surface area contributed by atoms with Gasteiger partial charge >= 0.3 is 0 Å². The Bertz CT molecular complexity index is 908. The number of aryl methyl sites for hydroxylation is 2. The number of carbonyl (C=O) groups excluding carboxylic acids is 1. The van der Waals surface area contributed by atoms with E-state index in [2.05, 4.69) is 4.99 Å². The fourth-order valence-corrected chi connectivity index (χ4v) is 3.45. The van der Waals surface area contributed by atoms with Gasteiger partial charge < -0.3 is 9.30 Å². The van der Waals surface area contributed by atoms with Gasteiger partial charge in [-0.2, -0.15) is 4.99 Å². The first-order valence-corrected chi connectivity index (χ1v) is 7.70. The molecule has 4 nitrogen and oxygen atoms in total. The predicted octanol–water partition coefficient (Wildman–Crippen LogP) is 3.30. The third-order valence-electron chi connectivity index (χ3n) is 3.54. The molecule has 0 aliphatic rings. The number of amides is 1. The minimum absolute atomic E-state index is 0.237. The molecule has 0 atom stereocenters. The van der Waals surface area contributed by atoms with Crippen LogP contribution in [0.5, 0.6) is 5.75 Å². The number of benzene rings is 2. The molecule has 22 heavy (non-hydrogen) atoms. The molecular formula is C17H16N2O2S. The highest BCUT2D eigenvalue weighted by molar-refractivity contribution is 7.16. The highest BCUT2D eigenvalue weighted by Crippen LogP contribution is 2.29. The Labute approximate surface area is 132 Å². The van der Waals surface area contributed by atoms with Gasteiger partial charge in [0.2, 0.25) is 0 Å². The first-order chi connectivity index (χ1) is 10.6. The number of aromatic nitrogens is 1. The van der Waals surface area contributed by atoms with Crippen LogP contribution in [0.2, 0.25) is 0 Å². The van der Waals surface area contributed by atoms with Crippen molar-refractivity contribution in [3.63, 3.8) is 0 Å². The summed E-state index contributed by atoms with van der Waals surface area (Å²) in [4.78, 5) is 17.2. The predicted molar refractivity (Wildman–Crippen MR) is 88.4 cm³/mol. The van der Waals surface area contributed by atoms with Crippen molar-refractivity contribution in [2.24, 2.45) is 12.0 Å². The first-order valence-electron chi connectivity index (χ1n) is 6.89. The summed E-state index contributed by atoms with van der Waals surface area (Å²) in [7, 11) is 3.55. The van der Waals surface area contributed by atoms with E-state index in [9.17, 15) is 4.79 Å². The molecule has 112 valence electrons. The Balaban J connectivity index is 2.20. The molecule has 0 aliphatic carbocycles. The third kappa shape index (κ3) is 2.44. The molecule has 5 heteroatoms. The zero-order valence-electron chi connectivity index (χ0n) is 12.7. The number of ether oxygens (including phenoxy) is 1. The van der Waals surface area contributed by atoms with Gasteiger partial charge in [-0.25, -0.2) is 0 Å². The minimum Gasteiger partial charge on any atom is -0.495 e. The summed E-state index contributed by atoms with van der Waals surface area (Å²) in [5.41, 5.74) is 2.70. The van der Waals surface area contributed by atoms with Gasteiger partial charge in [-0.3, -0.25) is 4.79 Å². The van der Waals surface area contributed by atoms with E-state index < -0.39 is 0 Å². The summed E-state index contributed by atoms with van der Waals surface area (Å²) in [5.74, 6) is 0.548. The number of nitrogens with zero attached hydrogens (tertiary/aromatic N) is 2. The summed E-state index contributed by atoms with van der Waals surface area (Å²) in [6, 6.07) is 13.0. The van der Waals surface area contributed by atoms with Crippen LogP contribution in [0.15, 0.2) is 47.5 Å². The van der Waals surface area contributed by atoms with Crippen molar-refractivity contribution < 1.29 is 9.53 Å². The lowest BCUT2D eigenvalue weighted by Gasteiger charge is -2.05. The van der Waals surface area contributed by atoms with Gasteiger partial charge in [0, 0.05) is 12.6 Å². The normalized spacial score (nSPS) is 11.9. The van der Waals surface area contributed by atoms with Crippen molar-refractivity contribution in [1.82, 2.24) is 4.57 Å². The molecule has 0 saturated carbocycles. The van der Waals surface area contributed by atoms with Crippen LogP contribution in [0.3, 0.4) is 0 Å². The van der Waals surface area contributed by atoms with Crippen LogP contribution in [0, 0.1) is 6.92 Å². The Morgan fingerprint density at radius 3 is 2.59 bits per heavy atom. The molecule has 0 aliphatic heterocycles. The van der Waals surface area contributed by atoms with Crippen LogP contribution < -0.4 is 9.54 Å². The van der Waals surface area contributed by atoms with Crippen molar-refractivity contribution >= 4 is 27.5 Å². The largest absolute Gasteiger partial charge is 0.495 e. The second kappa shape index (κ2) is 5.77. The maximum atomic E-state index is 12.3. The molecule has 2 aromatic carbocycles. The summed E-state index contributed by atoms with van der Waals surface area (Å²) in [6.45, 7) is 2.04. The standard InChI is InChI=1S/C17H16N2O2S/c1-11-9-10-13(21-3)14-15(11)22-17(19(14)2)18-16(20)12-7-5-4-6-8-12/h4-10H,1-3H3. The fourth-order valence-electron chi connectivity index (χ4n) is 2.35. The maximum absolute atomic E-state index is 12.3. The molecule has 0 saturated heterocycles. The van der Waals surface area contributed by atoms with Crippen LogP contribution in [0.25, 0.3) is 10.2 Å². The molecule has 3 aromatic rings. The van der Waals surface area contributed by atoms with E-state index in [0.717, 1.165) is 21.5 Å². The molecule has 0 fully saturated rings. The average molecular weight is 312 g/mol. The van der Waals surface area contributed by atoms with Gasteiger partial charge in [0.25, 0.3) is 5.91 Å². The monoisotopic (exact) mass is 312 g/mol. The maximum Gasteiger partial charge on any atom is 0.279 e. The van der Waals surface area contributed by atoms with Gasteiger partial charge in [0.1, 0.15) is 11.3 Å². The molecule has 1 heterocycles. The smallest absolute Gasteiger partial charge is 0.279 e. The molecule has 0 bridgehead atoms. The number of hydrogen-bond donors (Lipinski definition) is 0. The number of hydrogen-bond acceptors (Lipinski definition) is 3. The van der Waals surface area contributed by atoms with Crippen LogP contribution in [-0.2, 0) is 7.05 Å². The van der Waals surface area contributed by atoms with Gasteiger partial charge in [-0.05, 0) is 30.7 Å². The first kappa shape index (κ1) is 14.5. The van der Waals surface area contributed by atoms with E-state index in [-0.39, 0.29) is 5.91 Å². The van der Waals surface area contributed by atoms with Gasteiger partial charge in [0.05, 0.1) is 11.8 Å². The van der Waals surface area contributed by atoms with Gasteiger partial charge in [-0.1, -0.05) is 35.6 Å². The Morgan fingerprint density at radius 2 is 1.91 bits per heavy atom. The second-order valence-corrected chi connectivity index (χ2v) is 5.97. The number of thiazole rings is 1. The van der Waals surface area contributed by atoms with Crippen molar-refractivity contribution in [3.05, 3.63) is 58.4 Å². The Morgan fingerprint density at radius 1 is 1.18 bits per heavy atom. The van der Waals surface area contributed by atoms with Crippen molar-refractivity contribution in [1.29, 1.82) is 0 Å². The number of methoxy groups -OCH3 is 1. The number of rotatable bonds is 2. The topological polar surface area (TPSA) is 43.6 Å². The average Bonchev–Trinajstić information content (AvgIpc) is 2.87. The lowest BCUT2D eigenvalue weighted by atomic mass is 10.2. The summed E-state index contributed by atoms with van der Waals surface area (Å²) in [5, 5.41) is 0. The van der Waals surface area contributed by atoms with Crippen molar-refractivity contribution in [2.45, 2.75) is 6.92 Å². The van der Waals surface area contributed by atoms with Crippen LogP contribution in [0.1, 0.15) is 15.9 Å². The van der Waals surface area contributed by atoms with Crippen molar-refractivity contribution in [3.8, 4) is 5.75 Å². The molecule has 1 aromatic heterocycles. The van der Waals surface area contributed by atoms with Crippen LogP contribution >= 0.6 is 11.3 Å². The Kier molecular flexibility index (Phi) is 3.81. The lowest BCUT2D eigenvalue weighted by molar-refractivity contribution is 0.0998. The Hall–Kier alpha value is -2.40. The zero-order valence-corrected chi connectivity index (χ0v) is 13.5. The van der Waals surface area contributed by atoms with E-state index in [0.29, 0.717) is 10.4 Å². The highest BCUT2D eigenvalue weighted by atomic mass is 32.1. The minimum atomic E-state index is -0.237. The number of carbonyl (C=O) groups is 1. The highest BCUT2D eigenvalue weighted by Gasteiger charge is 2.12. The SMILES string of the molecule is COc1ccc(C)c2sc(=NC(=O)c3ccccc3)n(C)c12. The molecule has 1 amide bonds. The van der Waals surface area contributed by atoms with E-state index >= 15 is 0 Å². The fraction of sp³-hybridized carbons (Fsp3) is 0.176. The molecule has 3 rings (SSSR count).